The van der Waals surface area contributed by atoms with E-state index in [0.29, 0.717) is 5.41 Å². The quantitative estimate of drug-likeness (QED) is 0.584. The molecule has 1 saturated carbocycles. The minimum absolute atomic E-state index is 0.607. The maximum Gasteiger partial charge on any atom is 0.0316 e. The third-order valence-electron chi connectivity index (χ3n) is 4.14. The van der Waals surface area contributed by atoms with E-state index in [2.05, 4.69) is 31.3 Å². The molecule has 0 aliphatic heterocycles. The Bertz CT molecular complexity index is 367. The van der Waals surface area contributed by atoms with Crippen LogP contribution < -0.4 is 11.1 Å². The molecule has 94 valence electrons. The highest BCUT2D eigenvalue weighted by atomic mass is 14.9. The number of hydrogen-bond donors (Lipinski definition) is 2. The molecule has 1 aromatic carbocycles. The van der Waals surface area contributed by atoms with Crippen molar-refractivity contribution in [3.8, 4) is 0 Å². The highest BCUT2D eigenvalue weighted by Gasteiger charge is 2.44. The molecule has 2 heteroatoms. The third kappa shape index (κ3) is 3.22. The summed E-state index contributed by atoms with van der Waals surface area (Å²) in [6, 6.07) is 8.18. The Labute approximate surface area is 105 Å². The Morgan fingerprint density at radius 2 is 2.12 bits per heavy atom. The van der Waals surface area contributed by atoms with E-state index in [-0.39, 0.29) is 0 Å². The predicted molar refractivity (Wildman–Crippen MR) is 73.9 cm³/mol. The summed E-state index contributed by atoms with van der Waals surface area (Å²) in [6.45, 7) is 6.91. The van der Waals surface area contributed by atoms with E-state index in [1.807, 2.05) is 12.1 Å². The zero-order valence-corrected chi connectivity index (χ0v) is 11.0. The normalized spacial score (nSPS) is 17.4. The van der Waals surface area contributed by atoms with Crippen molar-refractivity contribution in [2.75, 3.05) is 18.8 Å². The Balaban J connectivity index is 1.70. The van der Waals surface area contributed by atoms with Gasteiger partial charge >= 0.3 is 0 Å². The molecule has 0 unspecified atom stereocenters. The first-order valence-corrected chi connectivity index (χ1v) is 6.67. The van der Waals surface area contributed by atoms with Gasteiger partial charge < -0.3 is 11.1 Å². The summed E-state index contributed by atoms with van der Waals surface area (Å²) in [7, 11) is 0. The van der Waals surface area contributed by atoms with Gasteiger partial charge in [-0.15, -0.1) is 0 Å². The van der Waals surface area contributed by atoms with Gasteiger partial charge in [0.15, 0.2) is 0 Å². The van der Waals surface area contributed by atoms with Gasteiger partial charge in [0.25, 0.3) is 0 Å². The van der Waals surface area contributed by atoms with Gasteiger partial charge in [-0.1, -0.05) is 26.0 Å². The molecule has 1 aliphatic rings. The second kappa shape index (κ2) is 5.09. The summed E-state index contributed by atoms with van der Waals surface area (Å²) in [4.78, 5) is 0. The van der Waals surface area contributed by atoms with Gasteiger partial charge in [0, 0.05) is 12.2 Å². The third-order valence-corrected chi connectivity index (χ3v) is 4.14. The lowest BCUT2D eigenvalue weighted by Gasteiger charge is -2.20. The van der Waals surface area contributed by atoms with E-state index in [4.69, 9.17) is 5.73 Å². The van der Waals surface area contributed by atoms with Crippen molar-refractivity contribution in [2.24, 2.45) is 11.3 Å². The number of rotatable bonds is 6. The van der Waals surface area contributed by atoms with Crippen molar-refractivity contribution >= 4 is 5.69 Å². The summed E-state index contributed by atoms with van der Waals surface area (Å²) >= 11 is 0. The average molecular weight is 232 g/mol. The average Bonchev–Trinajstić information content (AvgIpc) is 3.06. The molecule has 1 fully saturated rings. The Hall–Kier alpha value is -1.02. The van der Waals surface area contributed by atoms with E-state index in [1.54, 1.807) is 0 Å². The lowest BCUT2D eigenvalue weighted by atomic mass is 9.92. The second-order valence-corrected chi connectivity index (χ2v) is 5.69. The van der Waals surface area contributed by atoms with Crippen molar-refractivity contribution in [3.63, 3.8) is 0 Å². The fraction of sp³-hybridized carbons (Fsp3) is 0.600. The number of nitrogens with two attached hydrogens (primary N) is 1. The molecule has 0 spiro atoms. The Morgan fingerprint density at radius 3 is 2.71 bits per heavy atom. The minimum Gasteiger partial charge on any atom is -0.399 e. The van der Waals surface area contributed by atoms with Crippen LogP contribution in [-0.4, -0.2) is 13.1 Å². The van der Waals surface area contributed by atoms with Crippen molar-refractivity contribution in [2.45, 2.75) is 33.1 Å². The molecule has 0 atom stereocenters. The van der Waals surface area contributed by atoms with Crippen molar-refractivity contribution < 1.29 is 0 Å². The minimum atomic E-state index is 0.607. The van der Waals surface area contributed by atoms with Gasteiger partial charge in [-0.2, -0.15) is 0 Å². The van der Waals surface area contributed by atoms with Crippen LogP contribution in [0.3, 0.4) is 0 Å². The molecule has 1 aliphatic carbocycles. The smallest absolute Gasteiger partial charge is 0.0316 e. The highest BCUT2D eigenvalue weighted by molar-refractivity contribution is 5.40. The van der Waals surface area contributed by atoms with Gasteiger partial charge in [-0.05, 0) is 54.8 Å². The highest BCUT2D eigenvalue weighted by Crippen LogP contribution is 2.51. The monoisotopic (exact) mass is 232 g/mol. The van der Waals surface area contributed by atoms with Crippen LogP contribution >= 0.6 is 0 Å². The molecule has 0 bridgehead atoms. The van der Waals surface area contributed by atoms with Crippen molar-refractivity contribution in [1.29, 1.82) is 0 Å². The molecule has 0 radical (unpaired) electrons. The Kier molecular flexibility index (Phi) is 3.72. The van der Waals surface area contributed by atoms with E-state index in [9.17, 15) is 0 Å². The number of anilines is 1. The molecular formula is C15H24N2. The van der Waals surface area contributed by atoms with Gasteiger partial charge in [-0.25, -0.2) is 0 Å². The van der Waals surface area contributed by atoms with E-state index < -0.39 is 0 Å². The maximum absolute atomic E-state index is 5.76. The van der Waals surface area contributed by atoms with Gasteiger partial charge in [0.1, 0.15) is 0 Å². The molecule has 0 amide bonds. The molecule has 1 aromatic rings. The zero-order valence-electron chi connectivity index (χ0n) is 11.0. The largest absolute Gasteiger partial charge is 0.399 e. The molecular weight excluding hydrogens is 208 g/mol. The second-order valence-electron chi connectivity index (χ2n) is 5.69. The predicted octanol–water partition coefficient (Wildman–Crippen LogP) is 2.84. The first-order chi connectivity index (χ1) is 8.12. The Morgan fingerprint density at radius 1 is 1.35 bits per heavy atom. The van der Waals surface area contributed by atoms with Gasteiger partial charge in [-0.3, -0.25) is 0 Å². The molecule has 0 heterocycles. The summed E-state index contributed by atoms with van der Waals surface area (Å²) in [5, 5.41) is 3.60. The molecule has 17 heavy (non-hydrogen) atoms. The van der Waals surface area contributed by atoms with Crippen LogP contribution in [-0.2, 0) is 6.42 Å². The van der Waals surface area contributed by atoms with Crippen molar-refractivity contribution in [1.82, 2.24) is 5.32 Å². The number of hydrogen-bond acceptors (Lipinski definition) is 2. The number of benzene rings is 1. The van der Waals surface area contributed by atoms with Crippen LogP contribution in [0.15, 0.2) is 24.3 Å². The fourth-order valence-electron chi connectivity index (χ4n) is 2.44. The molecule has 0 aromatic heterocycles. The van der Waals surface area contributed by atoms with Crippen LogP contribution in [0.25, 0.3) is 0 Å². The van der Waals surface area contributed by atoms with Crippen LogP contribution in [0.4, 0.5) is 5.69 Å². The van der Waals surface area contributed by atoms with E-state index in [1.165, 1.54) is 24.9 Å². The number of nitrogen functional groups attached to an aromatic ring is 1. The topological polar surface area (TPSA) is 38.0 Å². The molecule has 3 N–H and O–H groups in total. The molecule has 0 saturated heterocycles. The lowest BCUT2D eigenvalue weighted by molar-refractivity contribution is 0.339. The number of nitrogens with one attached hydrogen (secondary N) is 1. The first kappa shape index (κ1) is 12.4. The van der Waals surface area contributed by atoms with E-state index in [0.717, 1.165) is 24.6 Å². The fourth-order valence-corrected chi connectivity index (χ4v) is 2.44. The summed E-state index contributed by atoms with van der Waals surface area (Å²) in [5.41, 5.74) is 8.56. The van der Waals surface area contributed by atoms with Gasteiger partial charge in [0.2, 0.25) is 0 Å². The lowest BCUT2D eigenvalue weighted by Crippen LogP contribution is -2.29. The van der Waals surface area contributed by atoms with Crippen LogP contribution in [0, 0.1) is 11.3 Å². The first-order valence-electron chi connectivity index (χ1n) is 6.67. The summed E-state index contributed by atoms with van der Waals surface area (Å²) < 4.78 is 0. The van der Waals surface area contributed by atoms with Crippen LogP contribution in [0.1, 0.15) is 32.3 Å². The van der Waals surface area contributed by atoms with Crippen LogP contribution in [0.5, 0.6) is 0 Å². The summed E-state index contributed by atoms with van der Waals surface area (Å²) in [6.07, 6.45) is 3.87. The molecule has 2 rings (SSSR count). The molecule has 2 nitrogen and oxygen atoms in total. The maximum atomic E-state index is 5.76. The zero-order chi connectivity index (χ0) is 12.3. The summed E-state index contributed by atoms with van der Waals surface area (Å²) in [5.74, 6) is 0.808. The SMILES string of the molecule is CC(C)C1(CNCCc2cccc(N)c2)CC1. The van der Waals surface area contributed by atoms with Crippen molar-refractivity contribution in [3.05, 3.63) is 29.8 Å². The van der Waals surface area contributed by atoms with Crippen LogP contribution in [0.2, 0.25) is 0 Å². The van der Waals surface area contributed by atoms with Gasteiger partial charge in [0.05, 0.1) is 0 Å². The van der Waals surface area contributed by atoms with E-state index >= 15 is 0 Å². The standard InChI is InChI=1S/C15H24N2/c1-12(2)15(7-8-15)11-17-9-6-13-4-3-5-14(16)10-13/h3-5,10,12,17H,6-9,11,16H2,1-2H3.